The number of carbonyl (C=O) groups is 2. The number of ketones is 1. The quantitative estimate of drug-likeness (QED) is 0.362. The molecule has 0 unspecified atom stereocenters. The summed E-state index contributed by atoms with van der Waals surface area (Å²) in [4.78, 5) is 28.5. The fraction of sp³-hybridized carbons (Fsp3) is 0.0417. The van der Waals surface area contributed by atoms with Gasteiger partial charge in [0.15, 0.2) is 18.1 Å². The molecule has 1 aliphatic heterocycles. The Labute approximate surface area is 167 Å². The van der Waals surface area contributed by atoms with E-state index in [1.165, 1.54) is 0 Å². The molecule has 5 nitrogen and oxygen atoms in total. The fourth-order valence-electron chi connectivity index (χ4n) is 2.79. The van der Waals surface area contributed by atoms with E-state index < -0.39 is 5.97 Å². The molecular weight excluding hydrogens is 366 g/mol. The molecule has 4 rings (SSSR count). The van der Waals surface area contributed by atoms with E-state index in [9.17, 15) is 9.59 Å². The third-order valence-corrected chi connectivity index (χ3v) is 4.29. The lowest BCUT2D eigenvalue weighted by Crippen LogP contribution is -2.11. The summed E-state index contributed by atoms with van der Waals surface area (Å²) >= 11 is 0. The van der Waals surface area contributed by atoms with Crippen LogP contribution in [0.3, 0.4) is 0 Å². The van der Waals surface area contributed by atoms with Gasteiger partial charge in [-0.15, -0.1) is 0 Å². The third kappa shape index (κ3) is 4.47. The Balaban J connectivity index is 1.42. The zero-order chi connectivity index (χ0) is 20.1. The molecule has 1 aliphatic rings. The van der Waals surface area contributed by atoms with Gasteiger partial charge in [0.2, 0.25) is 5.90 Å². The Kier molecular flexibility index (Phi) is 5.29. The van der Waals surface area contributed by atoms with Crippen LogP contribution >= 0.6 is 0 Å². The van der Waals surface area contributed by atoms with Gasteiger partial charge in [-0.3, -0.25) is 4.79 Å². The number of cyclic esters (lactones) is 1. The first-order valence-corrected chi connectivity index (χ1v) is 9.08. The van der Waals surface area contributed by atoms with Crippen LogP contribution in [0.2, 0.25) is 0 Å². The maximum atomic E-state index is 12.1. The molecule has 0 N–H and O–H groups in total. The van der Waals surface area contributed by atoms with E-state index in [0.29, 0.717) is 17.2 Å². The van der Waals surface area contributed by atoms with Crippen LogP contribution in [0.4, 0.5) is 0 Å². The summed E-state index contributed by atoms with van der Waals surface area (Å²) in [6.45, 7) is -0.0402. The summed E-state index contributed by atoms with van der Waals surface area (Å²) < 4.78 is 10.8. The molecule has 3 aromatic carbocycles. The molecule has 0 aromatic heterocycles. The van der Waals surface area contributed by atoms with Crippen molar-refractivity contribution in [2.45, 2.75) is 0 Å². The number of carbonyl (C=O) groups excluding carboxylic acids is 2. The maximum Gasteiger partial charge on any atom is 0.363 e. The Morgan fingerprint density at radius 1 is 0.897 bits per heavy atom. The highest BCUT2D eigenvalue weighted by molar-refractivity contribution is 6.12. The first kappa shape index (κ1) is 18.4. The Morgan fingerprint density at radius 2 is 1.55 bits per heavy atom. The highest BCUT2D eigenvalue weighted by Crippen LogP contribution is 2.20. The molecule has 0 aliphatic carbocycles. The van der Waals surface area contributed by atoms with Crippen LogP contribution in [-0.4, -0.2) is 24.3 Å². The molecule has 0 spiro atoms. The zero-order valence-corrected chi connectivity index (χ0v) is 15.4. The highest BCUT2D eigenvalue weighted by Gasteiger charge is 2.23. The maximum absolute atomic E-state index is 12.1. The largest absolute Gasteiger partial charge is 0.485 e. The van der Waals surface area contributed by atoms with E-state index in [1.54, 1.807) is 42.5 Å². The molecule has 0 fully saturated rings. The lowest BCUT2D eigenvalue weighted by Gasteiger charge is -2.06. The number of Topliss-reactive ketones (excluding diaryl/α,β-unsaturated/α-hetero) is 1. The van der Waals surface area contributed by atoms with Gasteiger partial charge in [-0.1, -0.05) is 60.7 Å². The minimum atomic E-state index is -0.488. The molecule has 1 heterocycles. The van der Waals surface area contributed by atoms with Gasteiger partial charge in [-0.25, -0.2) is 9.79 Å². The summed E-state index contributed by atoms with van der Waals surface area (Å²) in [6.07, 6.45) is 1.65. The average Bonchev–Trinajstić information content (AvgIpc) is 3.14. The summed E-state index contributed by atoms with van der Waals surface area (Å²) in [7, 11) is 0. The van der Waals surface area contributed by atoms with Crippen molar-refractivity contribution in [1.29, 1.82) is 0 Å². The van der Waals surface area contributed by atoms with Gasteiger partial charge in [-0.05, 0) is 35.9 Å². The van der Waals surface area contributed by atoms with E-state index in [0.717, 1.165) is 11.1 Å². The van der Waals surface area contributed by atoms with Gasteiger partial charge in [0.1, 0.15) is 5.75 Å². The minimum absolute atomic E-state index is 0.0402. The van der Waals surface area contributed by atoms with Gasteiger partial charge in [0.05, 0.1) is 0 Å². The number of aliphatic imine (C=N–C) groups is 1. The number of nitrogens with zero attached hydrogens (tertiary/aromatic N) is 1. The first-order valence-electron chi connectivity index (χ1n) is 9.08. The predicted octanol–water partition coefficient (Wildman–Crippen LogP) is 4.29. The molecule has 0 saturated heterocycles. The van der Waals surface area contributed by atoms with Crippen molar-refractivity contribution < 1.29 is 19.1 Å². The molecule has 0 amide bonds. The summed E-state index contributed by atoms with van der Waals surface area (Å²) in [5.41, 5.74) is 2.37. The summed E-state index contributed by atoms with van der Waals surface area (Å²) in [5.74, 6) is 0.283. The van der Waals surface area contributed by atoms with E-state index in [1.807, 2.05) is 48.5 Å². The van der Waals surface area contributed by atoms with Crippen molar-refractivity contribution >= 4 is 23.7 Å². The standard InChI is InChI=1S/C24H17NO4/c26-22(18-7-3-1-4-8-18)16-28-20-13-11-17(12-14-20)15-21-24(27)29-23(25-21)19-9-5-2-6-10-19/h1-15H,16H2/b21-15-. The molecular formula is C24H17NO4. The number of hydrogen-bond donors (Lipinski definition) is 0. The SMILES string of the molecule is O=C1OC(c2ccccc2)=N/C1=C\c1ccc(OCC(=O)c2ccccc2)cc1. The number of benzene rings is 3. The average molecular weight is 383 g/mol. The van der Waals surface area contributed by atoms with Gasteiger partial charge < -0.3 is 9.47 Å². The van der Waals surface area contributed by atoms with Crippen molar-refractivity contribution in [3.8, 4) is 5.75 Å². The monoisotopic (exact) mass is 383 g/mol. The van der Waals surface area contributed by atoms with Crippen LogP contribution in [-0.2, 0) is 9.53 Å². The molecule has 142 valence electrons. The van der Waals surface area contributed by atoms with Crippen molar-refractivity contribution in [2.75, 3.05) is 6.61 Å². The van der Waals surface area contributed by atoms with Crippen LogP contribution in [0.1, 0.15) is 21.5 Å². The highest BCUT2D eigenvalue weighted by atomic mass is 16.6. The Hall–Kier alpha value is -3.99. The normalized spacial score (nSPS) is 14.4. The summed E-state index contributed by atoms with van der Waals surface area (Å²) in [5, 5.41) is 0. The molecule has 0 radical (unpaired) electrons. The Morgan fingerprint density at radius 3 is 2.24 bits per heavy atom. The third-order valence-electron chi connectivity index (χ3n) is 4.29. The van der Waals surface area contributed by atoms with Crippen LogP contribution < -0.4 is 4.74 Å². The van der Waals surface area contributed by atoms with E-state index in [4.69, 9.17) is 9.47 Å². The van der Waals surface area contributed by atoms with E-state index in [-0.39, 0.29) is 18.1 Å². The van der Waals surface area contributed by atoms with Crippen LogP contribution in [0.15, 0.2) is 95.6 Å². The van der Waals surface area contributed by atoms with Crippen molar-refractivity contribution in [3.05, 3.63) is 107 Å². The molecule has 3 aromatic rings. The molecule has 0 atom stereocenters. The van der Waals surface area contributed by atoms with Crippen molar-refractivity contribution in [2.24, 2.45) is 4.99 Å². The second-order valence-corrected chi connectivity index (χ2v) is 6.35. The number of ether oxygens (including phenoxy) is 2. The van der Waals surface area contributed by atoms with E-state index >= 15 is 0 Å². The fourth-order valence-corrected chi connectivity index (χ4v) is 2.79. The van der Waals surface area contributed by atoms with Gasteiger partial charge >= 0.3 is 5.97 Å². The van der Waals surface area contributed by atoms with Crippen LogP contribution in [0, 0.1) is 0 Å². The predicted molar refractivity (Wildman–Crippen MR) is 110 cm³/mol. The number of esters is 1. The smallest absolute Gasteiger partial charge is 0.363 e. The van der Waals surface area contributed by atoms with Crippen molar-refractivity contribution in [1.82, 2.24) is 0 Å². The summed E-state index contributed by atoms with van der Waals surface area (Å²) in [6, 6.07) is 25.3. The van der Waals surface area contributed by atoms with Crippen LogP contribution in [0.5, 0.6) is 5.75 Å². The minimum Gasteiger partial charge on any atom is -0.485 e. The lowest BCUT2D eigenvalue weighted by molar-refractivity contribution is -0.129. The Bertz CT molecular complexity index is 1080. The van der Waals surface area contributed by atoms with E-state index in [2.05, 4.69) is 4.99 Å². The van der Waals surface area contributed by atoms with Crippen molar-refractivity contribution in [3.63, 3.8) is 0 Å². The number of hydrogen-bond acceptors (Lipinski definition) is 5. The second-order valence-electron chi connectivity index (χ2n) is 6.35. The zero-order valence-electron chi connectivity index (χ0n) is 15.4. The van der Waals surface area contributed by atoms with Crippen LogP contribution in [0.25, 0.3) is 6.08 Å². The first-order chi connectivity index (χ1) is 14.2. The van der Waals surface area contributed by atoms with Gasteiger partial charge in [0, 0.05) is 11.1 Å². The topological polar surface area (TPSA) is 65.0 Å². The molecule has 29 heavy (non-hydrogen) atoms. The molecule has 0 saturated carbocycles. The number of rotatable bonds is 6. The second kappa shape index (κ2) is 8.35. The molecule has 0 bridgehead atoms. The molecule has 5 heteroatoms. The van der Waals surface area contributed by atoms with Gasteiger partial charge in [0.25, 0.3) is 0 Å². The lowest BCUT2D eigenvalue weighted by atomic mass is 10.1. The van der Waals surface area contributed by atoms with Gasteiger partial charge in [-0.2, -0.15) is 0 Å².